The molecular weight excluding hydrogens is 302 g/mol. The highest BCUT2D eigenvalue weighted by Crippen LogP contribution is 2.24. The van der Waals surface area contributed by atoms with Gasteiger partial charge in [0.25, 0.3) is 0 Å². The van der Waals surface area contributed by atoms with E-state index in [-0.39, 0.29) is 6.09 Å². The summed E-state index contributed by atoms with van der Waals surface area (Å²) in [5.41, 5.74) is 2.86. The number of ether oxygens (including phenoxy) is 1. The summed E-state index contributed by atoms with van der Waals surface area (Å²) in [6.45, 7) is 3.31. The number of benzene rings is 1. The van der Waals surface area contributed by atoms with E-state index in [1.807, 2.05) is 13.0 Å². The lowest BCUT2D eigenvalue weighted by atomic mass is 10.0. The van der Waals surface area contributed by atoms with Crippen molar-refractivity contribution in [3.05, 3.63) is 53.4 Å². The van der Waals surface area contributed by atoms with Crippen LogP contribution in [0.3, 0.4) is 0 Å². The van der Waals surface area contributed by atoms with Gasteiger partial charge in [0.05, 0.1) is 13.2 Å². The molecule has 0 saturated carbocycles. The maximum absolute atomic E-state index is 13.4. The molecule has 1 fully saturated rings. The average molecular weight is 318 g/mol. The number of nitrogens with zero attached hydrogens (tertiary/aromatic N) is 2. The zero-order valence-corrected chi connectivity index (χ0v) is 12.7. The number of hydrogen-bond donors (Lipinski definition) is 0. The number of carbonyl (C=O) groups excluding carboxylic acids is 1. The van der Waals surface area contributed by atoms with Gasteiger partial charge in [0.15, 0.2) is 11.6 Å². The van der Waals surface area contributed by atoms with Crippen LogP contribution in [0.25, 0.3) is 11.1 Å². The van der Waals surface area contributed by atoms with Crippen molar-refractivity contribution in [1.82, 2.24) is 9.88 Å². The highest BCUT2D eigenvalue weighted by atomic mass is 19.2. The highest BCUT2D eigenvalue weighted by Gasteiger charge is 2.20. The first-order valence-corrected chi connectivity index (χ1v) is 7.37. The van der Waals surface area contributed by atoms with Crippen molar-refractivity contribution in [2.75, 3.05) is 13.2 Å². The number of aryl methyl sites for hydroxylation is 1. The number of halogens is 2. The van der Waals surface area contributed by atoms with Crippen molar-refractivity contribution >= 4 is 6.09 Å². The average Bonchev–Trinajstić information content (AvgIpc) is 2.54. The Balaban J connectivity index is 1.89. The molecule has 23 heavy (non-hydrogen) atoms. The van der Waals surface area contributed by atoms with Gasteiger partial charge < -0.3 is 9.64 Å². The largest absolute Gasteiger partial charge is 0.449 e. The molecule has 2 heterocycles. The fraction of sp³-hybridized carbons (Fsp3) is 0.294. The second-order valence-corrected chi connectivity index (χ2v) is 5.49. The molecule has 120 valence electrons. The van der Waals surface area contributed by atoms with Crippen LogP contribution < -0.4 is 0 Å². The number of cyclic esters (lactones) is 1. The third-order valence-electron chi connectivity index (χ3n) is 3.86. The summed E-state index contributed by atoms with van der Waals surface area (Å²) in [5, 5.41) is 0. The smallest absolute Gasteiger partial charge is 0.410 e. The summed E-state index contributed by atoms with van der Waals surface area (Å²) in [4.78, 5) is 17.7. The Hall–Kier alpha value is -2.50. The van der Waals surface area contributed by atoms with E-state index >= 15 is 0 Å². The van der Waals surface area contributed by atoms with Crippen LogP contribution in [-0.4, -0.2) is 29.1 Å². The molecule has 0 radical (unpaired) electrons. The second kappa shape index (κ2) is 6.32. The molecule has 0 spiro atoms. The van der Waals surface area contributed by atoms with Crippen molar-refractivity contribution in [2.24, 2.45) is 0 Å². The zero-order chi connectivity index (χ0) is 16.4. The number of pyridine rings is 1. The monoisotopic (exact) mass is 318 g/mol. The van der Waals surface area contributed by atoms with E-state index in [9.17, 15) is 13.6 Å². The van der Waals surface area contributed by atoms with E-state index in [0.29, 0.717) is 30.8 Å². The Labute approximate surface area is 132 Å². The molecule has 3 rings (SSSR count). The van der Waals surface area contributed by atoms with Crippen molar-refractivity contribution < 1.29 is 18.3 Å². The van der Waals surface area contributed by atoms with Gasteiger partial charge >= 0.3 is 6.09 Å². The maximum atomic E-state index is 13.4. The van der Waals surface area contributed by atoms with Gasteiger partial charge in [-0.3, -0.25) is 4.98 Å². The van der Waals surface area contributed by atoms with Crippen LogP contribution in [0.1, 0.15) is 17.7 Å². The Morgan fingerprint density at radius 3 is 2.78 bits per heavy atom. The third-order valence-corrected chi connectivity index (χ3v) is 3.86. The molecule has 1 aromatic heterocycles. The van der Waals surface area contributed by atoms with Crippen molar-refractivity contribution in [3.63, 3.8) is 0 Å². The van der Waals surface area contributed by atoms with E-state index in [0.717, 1.165) is 29.8 Å². The molecule has 1 aliphatic heterocycles. The lowest BCUT2D eigenvalue weighted by molar-refractivity contribution is 0.0699. The molecule has 0 unspecified atom stereocenters. The minimum Gasteiger partial charge on any atom is -0.449 e. The predicted molar refractivity (Wildman–Crippen MR) is 80.7 cm³/mol. The van der Waals surface area contributed by atoms with Crippen LogP contribution in [0, 0.1) is 18.6 Å². The number of carbonyl (C=O) groups is 1. The van der Waals surface area contributed by atoms with E-state index < -0.39 is 11.6 Å². The summed E-state index contributed by atoms with van der Waals surface area (Å²) < 4.78 is 31.5. The van der Waals surface area contributed by atoms with E-state index in [1.54, 1.807) is 11.1 Å². The first kappa shape index (κ1) is 15.4. The summed E-state index contributed by atoms with van der Waals surface area (Å²) in [6.07, 6.45) is 2.06. The minimum absolute atomic E-state index is 0.339. The fourth-order valence-corrected chi connectivity index (χ4v) is 2.52. The Morgan fingerprint density at radius 1 is 1.22 bits per heavy atom. The zero-order valence-electron chi connectivity index (χ0n) is 12.7. The molecule has 0 bridgehead atoms. The lowest BCUT2D eigenvalue weighted by Crippen LogP contribution is -2.37. The van der Waals surface area contributed by atoms with Gasteiger partial charge in [-0.2, -0.15) is 0 Å². The van der Waals surface area contributed by atoms with Crippen LogP contribution in [0.5, 0.6) is 0 Å². The van der Waals surface area contributed by atoms with Crippen LogP contribution in [0.15, 0.2) is 30.5 Å². The summed E-state index contributed by atoms with van der Waals surface area (Å²) >= 11 is 0. The van der Waals surface area contributed by atoms with Gasteiger partial charge in [0.2, 0.25) is 0 Å². The van der Waals surface area contributed by atoms with Gasteiger partial charge in [0, 0.05) is 24.0 Å². The Morgan fingerprint density at radius 2 is 2.04 bits per heavy atom. The van der Waals surface area contributed by atoms with Crippen molar-refractivity contribution in [1.29, 1.82) is 0 Å². The van der Waals surface area contributed by atoms with Crippen molar-refractivity contribution in [3.8, 4) is 11.1 Å². The number of rotatable bonds is 3. The first-order valence-electron chi connectivity index (χ1n) is 7.37. The van der Waals surface area contributed by atoms with Gasteiger partial charge in [-0.15, -0.1) is 0 Å². The van der Waals surface area contributed by atoms with Gasteiger partial charge in [0.1, 0.15) is 0 Å². The normalized spacial score (nSPS) is 14.7. The molecule has 4 nitrogen and oxygen atoms in total. The van der Waals surface area contributed by atoms with Crippen molar-refractivity contribution in [2.45, 2.75) is 19.9 Å². The molecule has 1 amide bonds. The van der Waals surface area contributed by atoms with Gasteiger partial charge in [-0.25, -0.2) is 13.6 Å². The van der Waals surface area contributed by atoms with Crippen LogP contribution in [-0.2, 0) is 11.3 Å². The van der Waals surface area contributed by atoms with Crippen LogP contribution in [0.2, 0.25) is 0 Å². The van der Waals surface area contributed by atoms with Gasteiger partial charge in [-0.05, 0) is 42.7 Å². The van der Waals surface area contributed by atoms with Crippen LogP contribution >= 0.6 is 0 Å². The minimum atomic E-state index is -0.899. The van der Waals surface area contributed by atoms with E-state index in [2.05, 4.69) is 4.98 Å². The fourth-order valence-electron chi connectivity index (χ4n) is 2.52. The molecule has 1 aromatic carbocycles. The van der Waals surface area contributed by atoms with E-state index in [4.69, 9.17) is 4.74 Å². The predicted octanol–water partition coefficient (Wildman–Crippen LogP) is 3.68. The SMILES string of the molecule is Cc1ncc(-c2ccc(F)c(F)c2)cc1CN1CCCOC1=O. The molecule has 0 aliphatic carbocycles. The molecule has 2 aromatic rings. The highest BCUT2D eigenvalue weighted by molar-refractivity contribution is 5.69. The Bertz CT molecular complexity index is 749. The molecule has 1 aliphatic rings. The topological polar surface area (TPSA) is 42.4 Å². The number of amides is 1. The van der Waals surface area contributed by atoms with E-state index in [1.165, 1.54) is 6.07 Å². The summed E-state index contributed by atoms with van der Waals surface area (Å²) in [7, 11) is 0. The third kappa shape index (κ3) is 3.31. The molecule has 0 N–H and O–H groups in total. The number of aromatic nitrogens is 1. The number of hydrogen-bond acceptors (Lipinski definition) is 3. The molecule has 0 atom stereocenters. The quantitative estimate of drug-likeness (QED) is 0.867. The second-order valence-electron chi connectivity index (χ2n) is 5.49. The summed E-state index contributed by atoms with van der Waals surface area (Å²) in [5.74, 6) is -1.78. The van der Waals surface area contributed by atoms with Crippen LogP contribution in [0.4, 0.5) is 13.6 Å². The Kier molecular flexibility index (Phi) is 4.23. The standard InChI is InChI=1S/C17H16F2N2O2/c1-11-14(10-21-5-2-6-23-17(21)22)7-13(9-20-11)12-3-4-15(18)16(19)8-12/h3-4,7-9H,2,5-6,10H2,1H3. The molecule has 6 heteroatoms. The van der Waals surface area contributed by atoms with Gasteiger partial charge in [-0.1, -0.05) is 6.07 Å². The maximum Gasteiger partial charge on any atom is 0.410 e. The summed E-state index contributed by atoms with van der Waals surface area (Å²) in [6, 6.07) is 5.58. The molecule has 1 saturated heterocycles. The first-order chi connectivity index (χ1) is 11.0. The molecular formula is C17H16F2N2O2. The lowest BCUT2D eigenvalue weighted by Gasteiger charge is -2.26.